The average molecular weight is 361 g/mol. The Bertz CT molecular complexity index is 969. The van der Waals surface area contributed by atoms with E-state index in [0.717, 1.165) is 0 Å². The molecular formula is C22H19NO4. The number of nitrogens with one attached hydrogen (secondary N) is 1. The van der Waals surface area contributed by atoms with E-state index in [2.05, 4.69) is 69.2 Å². The molecule has 2 atom stereocenters. The highest BCUT2D eigenvalue weighted by Gasteiger charge is 2.29. The van der Waals surface area contributed by atoms with Crippen LogP contribution in [0, 0.1) is 0 Å². The highest BCUT2D eigenvalue weighted by Crippen LogP contribution is 2.05. The second kappa shape index (κ2) is 14.7. The molecule has 0 saturated carbocycles. The van der Waals surface area contributed by atoms with E-state index in [0.29, 0.717) is 5.57 Å². The van der Waals surface area contributed by atoms with Gasteiger partial charge in [-0.1, -0.05) is 23.6 Å². The van der Waals surface area contributed by atoms with Crippen molar-refractivity contribution >= 4 is 11.7 Å². The van der Waals surface area contributed by atoms with Crippen molar-refractivity contribution in [2.24, 2.45) is 0 Å². The lowest BCUT2D eigenvalue weighted by atomic mass is 10.0. The number of carbonyl (C=O) groups is 2. The third kappa shape index (κ3) is 11.5. The number of ketones is 1. The minimum absolute atomic E-state index is 0.195. The second-order valence-electron chi connectivity index (χ2n) is 4.93. The minimum atomic E-state index is -1.84. The molecule has 136 valence electrons. The molecule has 27 heavy (non-hydrogen) atoms. The van der Waals surface area contributed by atoms with Crippen LogP contribution < -0.4 is 5.32 Å². The van der Waals surface area contributed by atoms with Crippen LogP contribution in [0.25, 0.3) is 0 Å². The van der Waals surface area contributed by atoms with Gasteiger partial charge >= 0.3 is 0 Å². The van der Waals surface area contributed by atoms with Gasteiger partial charge in [0.25, 0.3) is 5.91 Å². The van der Waals surface area contributed by atoms with Gasteiger partial charge < -0.3 is 15.5 Å². The minimum Gasteiger partial charge on any atom is -0.382 e. The molecule has 0 spiro atoms. The van der Waals surface area contributed by atoms with E-state index in [9.17, 15) is 19.8 Å². The van der Waals surface area contributed by atoms with E-state index in [1.54, 1.807) is 26.0 Å². The van der Waals surface area contributed by atoms with Gasteiger partial charge in [-0.25, -0.2) is 0 Å². The van der Waals surface area contributed by atoms with Gasteiger partial charge in [0.2, 0.25) is 0 Å². The summed E-state index contributed by atoms with van der Waals surface area (Å²) in [5.74, 6) is -1.54. The molecule has 0 aliphatic heterocycles. The lowest BCUT2D eigenvalue weighted by Crippen LogP contribution is -2.45. The largest absolute Gasteiger partial charge is 0.382 e. The molecule has 3 N–H and O–H groups in total. The number of rotatable bonds is 7. The molecule has 0 heterocycles. The Kier molecular flexibility index (Phi) is 12.7. The number of hydrogen-bond donors (Lipinski definition) is 3. The van der Waals surface area contributed by atoms with Crippen LogP contribution in [-0.2, 0) is 9.59 Å². The Morgan fingerprint density at radius 2 is 1.56 bits per heavy atom. The smallest absolute Gasteiger partial charge is 0.252 e. The Labute approximate surface area is 158 Å². The summed E-state index contributed by atoms with van der Waals surface area (Å²) in [6.45, 7) is 6.83. The fourth-order valence-electron chi connectivity index (χ4n) is 1.48. The van der Waals surface area contributed by atoms with Crippen molar-refractivity contribution < 1.29 is 19.8 Å². The van der Waals surface area contributed by atoms with Crippen LogP contribution >= 0.6 is 0 Å². The van der Waals surface area contributed by atoms with Gasteiger partial charge in [0.15, 0.2) is 11.9 Å². The molecule has 0 aliphatic rings. The van der Waals surface area contributed by atoms with E-state index in [1.165, 1.54) is 0 Å². The molecule has 0 aromatic heterocycles. The first-order valence-electron chi connectivity index (χ1n) is 7.82. The van der Waals surface area contributed by atoms with Gasteiger partial charge in [0.05, 0.1) is 0 Å². The van der Waals surface area contributed by atoms with Gasteiger partial charge in [0, 0.05) is 13.0 Å². The van der Waals surface area contributed by atoms with Crippen LogP contribution in [-0.4, -0.2) is 40.7 Å². The highest BCUT2D eigenvalue weighted by molar-refractivity contribution is 5.92. The fourth-order valence-corrected chi connectivity index (χ4v) is 1.48. The Morgan fingerprint density at radius 1 is 1.00 bits per heavy atom. The van der Waals surface area contributed by atoms with Gasteiger partial charge in [0.1, 0.15) is 6.10 Å². The highest BCUT2D eigenvalue weighted by atomic mass is 16.3. The summed E-state index contributed by atoms with van der Waals surface area (Å²) in [5.41, 5.74) is 25.0. The van der Waals surface area contributed by atoms with Crippen LogP contribution in [0.3, 0.4) is 0 Å². The summed E-state index contributed by atoms with van der Waals surface area (Å²) in [4.78, 5) is 23.5. The van der Waals surface area contributed by atoms with Crippen molar-refractivity contribution in [3.63, 3.8) is 0 Å². The monoisotopic (exact) mass is 361 g/mol. The van der Waals surface area contributed by atoms with Crippen LogP contribution in [0.2, 0.25) is 0 Å². The zero-order valence-electron chi connectivity index (χ0n) is 15.1. The number of hydrogen-bond acceptors (Lipinski definition) is 4. The van der Waals surface area contributed by atoms with Crippen molar-refractivity contribution in [1.29, 1.82) is 0 Å². The first kappa shape index (κ1) is 23.3. The van der Waals surface area contributed by atoms with Gasteiger partial charge in [-0.15, -0.1) is 0 Å². The fraction of sp³-hybridized carbons (Fsp3) is 0.273. The summed E-state index contributed by atoms with van der Waals surface area (Å²) in [7, 11) is 0. The number of carbonyl (C=O) groups excluding carboxylic acids is 2. The lowest BCUT2D eigenvalue weighted by molar-refractivity contribution is -0.144. The summed E-state index contributed by atoms with van der Waals surface area (Å²) in [6.07, 6.45) is -0.514. The third-order valence-electron chi connectivity index (χ3n) is 2.77. The first-order chi connectivity index (χ1) is 12.9. The van der Waals surface area contributed by atoms with E-state index in [1.807, 2.05) is 0 Å². The quantitative estimate of drug-likeness (QED) is 0.474. The van der Waals surface area contributed by atoms with E-state index in [4.69, 9.17) is 0 Å². The number of aliphatic hydroxyl groups excluding tert-OH is 2. The molecular weight excluding hydrogens is 342 g/mol. The molecule has 0 saturated heterocycles. The lowest BCUT2D eigenvalue weighted by Gasteiger charge is -2.15. The molecule has 0 bridgehead atoms. The van der Waals surface area contributed by atoms with Crippen LogP contribution in [0.4, 0.5) is 0 Å². The van der Waals surface area contributed by atoms with Crippen molar-refractivity contribution in [1.82, 2.24) is 5.32 Å². The number of allylic oxidation sites excluding steroid dienone is 2. The van der Waals surface area contributed by atoms with E-state index in [-0.39, 0.29) is 13.0 Å². The third-order valence-corrected chi connectivity index (χ3v) is 2.77. The molecule has 2 unspecified atom stereocenters. The molecule has 5 nitrogen and oxygen atoms in total. The maximum Gasteiger partial charge on any atom is 0.252 e. The van der Waals surface area contributed by atoms with Crippen LogP contribution in [0.15, 0.2) is 81.6 Å². The zero-order chi connectivity index (χ0) is 20.5. The summed E-state index contributed by atoms with van der Waals surface area (Å²) < 4.78 is 0. The molecule has 0 aromatic carbocycles. The van der Waals surface area contributed by atoms with Gasteiger partial charge in [-0.2, -0.15) is 0 Å². The number of amides is 1. The van der Waals surface area contributed by atoms with Crippen molar-refractivity contribution in [2.45, 2.75) is 32.5 Å². The number of aliphatic hydroxyl groups is 2. The topological polar surface area (TPSA) is 86.6 Å². The summed E-state index contributed by atoms with van der Waals surface area (Å²) in [6, 6.07) is 0. The summed E-state index contributed by atoms with van der Waals surface area (Å²) >= 11 is 0. The average Bonchev–Trinajstić information content (AvgIpc) is 2.65. The number of Topliss-reactive ketones (excluding diaryl/α,β-unsaturated/α-hetero) is 1. The normalized spacial score (nSPS) is 10.5. The first-order valence-corrected chi connectivity index (χ1v) is 7.82. The maximum absolute atomic E-state index is 11.9. The van der Waals surface area contributed by atoms with E-state index >= 15 is 0 Å². The Balaban J connectivity index is 5.15. The molecule has 0 aromatic rings. The van der Waals surface area contributed by atoms with E-state index < -0.39 is 23.9 Å². The maximum atomic E-state index is 11.9. The molecule has 0 rings (SSSR count). The predicted molar refractivity (Wildman–Crippen MR) is 99.4 cm³/mol. The van der Waals surface area contributed by atoms with Crippen molar-refractivity contribution in [2.75, 3.05) is 6.54 Å². The molecule has 0 radical (unpaired) electrons. The summed E-state index contributed by atoms with van der Waals surface area (Å²) in [5, 5.41) is 21.9. The second-order valence-corrected chi connectivity index (χ2v) is 4.93. The van der Waals surface area contributed by atoms with Crippen LogP contribution in [0.5, 0.6) is 0 Å². The molecule has 5 heteroatoms. The SMILES string of the molecule is C=C=C=C=C=C=C=C=C=C=C=C(C)CC(=O)C(O)C(O)C(=O)NC/C=C/C. The van der Waals surface area contributed by atoms with Crippen molar-refractivity contribution in [3.05, 3.63) is 81.6 Å². The zero-order valence-corrected chi connectivity index (χ0v) is 15.1. The van der Waals surface area contributed by atoms with Gasteiger partial charge in [-0.05, 0) is 71.8 Å². The molecule has 0 aliphatic carbocycles. The predicted octanol–water partition coefficient (Wildman–Crippen LogP) is 1.49. The molecule has 0 fully saturated rings. The van der Waals surface area contributed by atoms with Crippen molar-refractivity contribution in [3.8, 4) is 0 Å². The van der Waals surface area contributed by atoms with Gasteiger partial charge in [-0.3, -0.25) is 9.59 Å². The van der Waals surface area contributed by atoms with Crippen LogP contribution in [0.1, 0.15) is 20.3 Å². The standard InChI is InChI=1S/C22H19NO4/c1-4-6-8-9-10-11-12-13-14-15-18(3)17-19(24)20(25)21(26)22(27)23-16-7-5-2/h5,7,20-21,25-26H,1,16-17H2,2-3H3,(H,23,27)/b7-5+. The Hall–Kier alpha value is -3.66. The Morgan fingerprint density at radius 3 is 2.11 bits per heavy atom. The molecule has 1 amide bonds.